The van der Waals surface area contributed by atoms with E-state index < -0.39 is 0 Å². The third-order valence-electron chi connectivity index (χ3n) is 3.39. The van der Waals surface area contributed by atoms with Gasteiger partial charge in [0.2, 0.25) is 0 Å². The van der Waals surface area contributed by atoms with Gasteiger partial charge in [0.1, 0.15) is 0 Å². The molecule has 1 unspecified atom stereocenters. The van der Waals surface area contributed by atoms with Crippen LogP contribution in [0.5, 0.6) is 0 Å². The molecule has 0 N–H and O–H groups in total. The fourth-order valence-corrected chi connectivity index (χ4v) is 2.43. The van der Waals surface area contributed by atoms with Crippen molar-refractivity contribution in [3.8, 4) is 0 Å². The van der Waals surface area contributed by atoms with Gasteiger partial charge in [-0.25, -0.2) is 0 Å². The van der Waals surface area contributed by atoms with Crippen molar-refractivity contribution in [2.75, 3.05) is 0 Å². The average Bonchev–Trinajstić information content (AvgIpc) is 2.50. The molecule has 0 amide bonds. The Morgan fingerprint density at radius 3 is 2.15 bits per heavy atom. The highest BCUT2D eigenvalue weighted by molar-refractivity contribution is 8.93. The quantitative estimate of drug-likeness (QED) is 0.775. The molecule has 3 rings (SSSR count). The molecule has 2 aromatic carbocycles. The van der Waals surface area contributed by atoms with Gasteiger partial charge >= 0.3 is 0 Å². The molecule has 1 aliphatic rings. The summed E-state index contributed by atoms with van der Waals surface area (Å²) in [5.74, 6) is 0. The highest BCUT2D eigenvalue weighted by Gasteiger charge is 2.16. The van der Waals surface area contributed by atoms with Gasteiger partial charge in [-0.3, -0.25) is 0 Å². The molecule has 1 aliphatic heterocycles. The Balaban J connectivity index is 0.00000147. The minimum Gasteiger partial charge on any atom is -0.363 e. The summed E-state index contributed by atoms with van der Waals surface area (Å²) in [7, 11) is 0. The van der Waals surface area contributed by atoms with Gasteiger partial charge in [0, 0.05) is 12.7 Å². The van der Waals surface area contributed by atoms with E-state index in [1.807, 2.05) is 0 Å². The summed E-state index contributed by atoms with van der Waals surface area (Å²) in [6, 6.07) is 21.6. The molecule has 0 fully saturated rings. The van der Waals surface area contributed by atoms with Crippen molar-refractivity contribution in [2.24, 2.45) is 0 Å². The van der Waals surface area contributed by atoms with Crippen molar-refractivity contribution in [1.82, 2.24) is 4.90 Å². The lowest BCUT2D eigenvalue weighted by Gasteiger charge is -2.31. The van der Waals surface area contributed by atoms with E-state index >= 15 is 0 Å². The second-order valence-electron chi connectivity index (χ2n) is 4.74. The number of hydrogen-bond donors (Lipinski definition) is 0. The molecular weight excluding hydrogens is 310 g/mol. The monoisotopic (exact) mass is 327 g/mol. The minimum atomic E-state index is 0. The van der Waals surface area contributed by atoms with Gasteiger partial charge in [0.25, 0.3) is 0 Å². The highest BCUT2D eigenvalue weighted by Crippen LogP contribution is 2.26. The Morgan fingerprint density at radius 1 is 0.800 bits per heavy atom. The number of benzene rings is 2. The standard InChI is InChI=1S/C18H17N.BrH/c1-3-9-16(10-4-1)15-19-14-8-7-13-18(19)17-11-5-2-6-12-17;/h1-14,18H,15H2;1H. The van der Waals surface area contributed by atoms with Gasteiger partial charge < -0.3 is 4.90 Å². The molecule has 102 valence electrons. The summed E-state index contributed by atoms with van der Waals surface area (Å²) >= 11 is 0. The number of nitrogens with zero attached hydrogens (tertiary/aromatic N) is 1. The molecule has 1 nitrogen and oxygen atoms in total. The third-order valence-corrected chi connectivity index (χ3v) is 3.39. The Hall–Kier alpha value is -1.80. The zero-order chi connectivity index (χ0) is 12.9. The van der Waals surface area contributed by atoms with Crippen molar-refractivity contribution in [3.05, 3.63) is 96.2 Å². The molecule has 20 heavy (non-hydrogen) atoms. The topological polar surface area (TPSA) is 3.24 Å². The van der Waals surface area contributed by atoms with Crippen molar-refractivity contribution >= 4 is 17.0 Å². The van der Waals surface area contributed by atoms with Crippen LogP contribution in [0.2, 0.25) is 0 Å². The first-order chi connectivity index (χ1) is 9.43. The molecule has 1 heterocycles. The summed E-state index contributed by atoms with van der Waals surface area (Å²) in [5.41, 5.74) is 2.67. The van der Waals surface area contributed by atoms with Gasteiger partial charge in [-0.05, 0) is 17.2 Å². The van der Waals surface area contributed by atoms with Gasteiger partial charge in [-0.1, -0.05) is 72.8 Å². The largest absolute Gasteiger partial charge is 0.363 e. The first-order valence-electron chi connectivity index (χ1n) is 6.63. The predicted octanol–water partition coefficient (Wildman–Crippen LogP) is 4.89. The normalized spacial score (nSPS) is 16.8. The molecule has 0 radical (unpaired) electrons. The molecule has 0 spiro atoms. The number of rotatable bonds is 3. The summed E-state index contributed by atoms with van der Waals surface area (Å²) in [4.78, 5) is 2.37. The first kappa shape index (κ1) is 14.6. The second-order valence-corrected chi connectivity index (χ2v) is 4.74. The summed E-state index contributed by atoms with van der Waals surface area (Å²) in [6.07, 6.45) is 8.64. The fraction of sp³-hybridized carbons (Fsp3) is 0.111. The summed E-state index contributed by atoms with van der Waals surface area (Å²) in [6.45, 7) is 0.932. The maximum atomic E-state index is 2.37. The smallest absolute Gasteiger partial charge is 0.0727 e. The number of allylic oxidation sites excluding steroid dienone is 2. The van der Waals surface area contributed by atoms with E-state index in [1.54, 1.807) is 0 Å². The van der Waals surface area contributed by atoms with Crippen LogP contribution in [-0.2, 0) is 6.54 Å². The van der Waals surface area contributed by atoms with Crippen LogP contribution in [0, 0.1) is 0 Å². The molecule has 2 heteroatoms. The van der Waals surface area contributed by atoms with Crippen LogP contribution in [0.15, 0.2) is 85.1 Å². The van der Waals surface area contributed by atoms with Crippen LogP contribution in [0.4, 0.5) is 0 Å². The third kappa shape index (κ3) is 3.40. The molecule has 0 bridgehead atoms. The van der Waals surface area contributed by atoms with E-state index in [1.165, 1.54) is 11.1 Å². The molecule has 0 saturated heterocycles. The Morgan fingerprint density at radius 2 is 1.45 bits per heavy atom. The second kappa shape index (κ2) is 7.11. The summed E-state index contributed by atoms with van der Waals surface area (Å²) in [5, 5.41) is 0. The van der Waals surface area contributed by atoms with E-state index in [2.05, 4.69) is 90.0 Å². The number of halogens is 1. The van der Waals surface area contributed by atoms with Crippen LogP contribution < -0.4 is 0 Å². The van der Waals surface area contributed by atoms with Gasteiger partial charge in [0.15, 0.2) is 0 Å². The Kier molecular flexibility index (Phi) is 5.19. The van der Waals surface area contributed by atoms with Crippen LogP contribution in [0.25, 0.3) is 0 Å². The van der Waals surface area contributed by atoms with Crippen molar-refractivity contribution < 1.29 is 0 Å². The highest BCUT2D eigenvalue weighted by atomic mass is 79.9. The van der Waals surface area contributed by atoms with Gasteiger partial charge in [-0.2, -0.15) is 0 Å². The zero-order valence-electron chi connectivity index (χ0n) is 11.2. The van der Waals surface area contributed by atoms with Crippen molar-refractivity contribution in [2.45, 2.75) is 12.6 Å². The van der Waals surface area contributed by atoms with Crippen LogP contribution in [-0.4, -0.2) is 4.90 Å². The zero-order valence-corrected chi connectivity index (χ0v) is 12.9. The summed E-state index contributed by atoms with van der Waals surface area (Å²) < 4.78 is 0. The van der Waals surface area contributed by atoms with E-state index in [9.17, 15) is 0 Å². The lowest BCUT2D eigenvalue weighted by molar-refractivity contribution is 0.313. The molecule has 1 atom stereocenters. The van der Waals surface area contributed by atoms with Gasteiger partial charge in [-0.15, -0.1) is 17.0 Å². The lowest BCUT2D eigenvalue weighted by atomic mass is 10.0. The minimum absolute atomic E-state index is 0. The Bertz CT molecular complexity index is 575. The SMILES string of the molecule is Br.C1=CC(c2ccccc2)N(Cc2ccccc2)C=C1. The molecule has 0 aromatic heterocycles. The maximum Gasteiger partial charge on any atom is 0.0727 e. The predicted molar refractivity (Wildman–Crippen MR) is 89.8 cm³/mol. The molecule has 2 aromatic rings. The van der Waals surface area contributed by atoms with E-state index in [4.69, 9.17) is 0 Å². The van der Waals surface area contributed by atoms with Crippen LogP contribution in [0.1, 0.15) is 17.2 Å². The van der Waals surface area contributed by atoms with E-state index in [0.717, 1.165) is 6.54 Å². The van der Waals surface area contributed by atoms with Crippen molar-refractivity contribution in [1.29, 1.82) is 0 Å². The molecular formula is C18H18BrN. The van der Waals surface area contributed by atoms with Crippen molar-refractivity contribution in [3.63, 3.8) is 0 Å². The molecule has 0 saturated carbocycles. The lowest BCUT2D eigenvalue weighted by Crippen LogP contribution is -2.23. The number of hydrogen-bond acceptors (Lipinski definition) is 1. The average molecular weight is 328 g/mol. The van der Waals surface area contributed by atoms with Gasteiger partial charge in [0.05, 0.1) is 6.04 Å². The maximum absolute atomic E-state index is 2.37. The van der Waals surface area contributed by atoms with Crippen LogP contribution in [0.3, 0.4) is 0 Å². The van der Waals surface area contributed by atoms with Crippen LogP contribution >= 0.6 is 17.0 Å². The first-order valence-corrected chi connectivity index (χ1v) is 6.63. The van der Waals surface area contributed by atoms with E-state index in [-0.39, 0.29) is 17.0 Å². The molecule has 0 aliphatic carbocycles. The van der Waals surface area contributed by atoms with E-state index in [0.29, 0.717) is 6.04 Å². The Labute approximate surface area is 131 Å². The fourth-order valence-electron chi connectivity index (χ4n) is 2.43.